The van der Waals surface area contributed by atoms with Crippen molar-refractivity contribution < 1.29 is 19.1 Å². The number of carbonyl (C=O) groups is 2. The maximum atomic E-state index is 12.7. The summed E-state index contributed by atoms with van der Waals surface area (Å²) in [6.07, 6.45) is 1.76. The molecule has 142 valence electrons. The second-order valence-corrected chi connectivity index (χ2v) is 6.78. The van der Waals surface area contributed by atoms with Crippen LogP contribution in [0, 0.1) is 5.92 Å². The standard InChI is InChI=1S/C22H25NO4/c1-26-19-8-6-17(7-9-19)22(25)18-10-12-23(13-11-18)21(24)15-16-4-3-5-20(14-16)27-2/h3-9,14,18H,10-13,15H2,1-2H3. The number of nitrogens with zero attached hydrogens (tertiary/aromatic N) is 1. The van der Waals surface area contributed by atoms with Crippen molar-refractivity contribution in [2.75, 3.05) is 27.3 Å². The van der Waals surface area contributed by atoms with Crippen molar-refractivity contribution >= 4 is 11.7 Å². The summed E-state index contributed by atoms with van der Waals surface area (Å²) in [5.74, 6) is 1.71. The SMILES string of the molecule is COc1ccc(C(=O)C2CCN(C(=O)Cc3cccc(OC)c3)CC2)cc1. The number of piperidine rings is 1. The monoisotopic (exact) mass is 367 g/mol. The molecule has 2 aromatic carbocycles. The highest BCUT2D eigenvalue weighted by Crippen LogP contribution is 2.24. The van der Waals surface area contributed by atoms with Crippen molar-refractivity contribution in [2.24, 2.45) is 5.92 Å². The molecule has 0 unspecified atom stereocenters. The van der Waals surface area contributed by atoms with E-state index in [4.69, 9.17) is 9.47 Å². The second-order valence-electron chi connectivity index (χ2n) is 6.78. The smallest absolute Gasteiger partial charge is 0.226 e. The molecular formula is C22H25NO4. The van der Waals surface area contributed by atoms with Crippen LogP contribution >= 0.6 is 0 Å². The number of Topliss-reactive ketones (excluding diaryl/α,β-unsaturated/α-hetero) is 1. The molecule has 27 heavy (non-hydrogen) atoms. The maximum Gasteiger partial charge on any atom is 0.226 e. The molecule has 5 heteroatoms. The third-order valence-electron chi connectivity index (χ3n) is 5.08. The molecule has 1 saturated heterocycles. The van der Waals surface area contributed by atoms with Crippen LogP contribution < -0.4 is 9.47 Å². The number of rotatable bonds is 6. The molecular weight excluding hydrogens is 342 g/mol. The largest absolute Gasteiger partial charge is 0.497 e. The summed E-state index contributed by atoms with van der Waals surface area (Å²) >= 11 is 0. The zero-order chi connectivity index (χ0) is 19.2. The fourth-order valence-corrected chi connectivity index (χ4v) is 3.45. The van der Waals surface area contributed by atoms with Gasteiger partial charge in [0.1, 0.15) is 11.5 Å². The van der Waals surface area contributed by atoms with Gasteiger partial charge in [0.05, 0.1) is 20.6 Å². The Morgan fingerprint density at radius 2 is 1.63 bits per heavy atom. The normalized spacial score (nSPS) is 14.7. The molecule has 1 amide bonds. The Labute approximate surface area is 159 Å². The third-order valence-corrected chi connectivity index (χ3v) is 5.08. The number of ketones is 1. The number of likely N-dealkylation sites (tertiary alicyclic amines) is 1. The Hall–Kier alpha value is -2.82. The van der Waals surface area contributed by atoms with Crippen molar-refractivity contribution in [3.05, 3.63) is 59.7 Å². The second kappa shape index (κ2) is 8.71. The van der Waals surface area contributed by atoms with E-state index >= 15 is 0 Å². The quantitative estimate of drug-likeness (QED) is 0.735. The fourth-order valence-electron chi connectivity index (χ4n) is 3.45. The van der Waals surface area contributed by atoms with Crippen LogP contribution in [0.15, 0.2) is 48.5 Å². The molecule has 0 saturated carbocycles. The van der Waals surface area contributed by atoms with E-state index in [0.29, 0.717) is 37.9 Å². The first kappa shape index (κ1) is 19.0. The molecule has 3 rings (SSSR count). The Bertz CT molecular complexity index is 792. The Morgan fingerprint density at radius 1 is 0.963 bits per heavy atom. The summed E-state index contributed by atoms with van der Waals surface area (Å²) in [6, 6.07) is 14.8. The van der Waals surface area contributed by atoms with Gasteiger partial charge < -0.3 is 14.4 Å². The average molecular weight is 367 g/mol. The van der Waals surface area contributed by atoms with Crippen molar-refractivity contribution in [1.29, 1.82) is 0 Å². The van der Waals surface area contributed by atoms with E-state index in [1.165, 1.54) is 0 Å². The number of amides is 1. The molecule has 1 aliphatic heterocycles. The van der Waals surface area contributed by atoms with Gasteiger partial charge in [-0.3, -0.25) is 9.59 Å². The molecule has 0 radical (unpaired) electrons. The van der Waals surface area contributed by atoms with Crippen LogP contribution in [0.5, 0.6) is 11.5 Å². The van der Waals surface area contributed by atoms with E-state index in [9.17, 15) is 9.59 Å². The molecule has 5 nitrogen and oxygen atoms in total. The molecule has 1 aliphatic rings. The molecule has 0 atom stereocenters. The lowest BCUT2D eigenvalue weighted by Gasteiger charge is -2.31. The Morgan fingerprint density at radius 3 is 2.26 bits per heavy atom. The van der Waals surface area contributed by atoms with E-state index in [2.05, 4.69) is 0 Å². The topological polar surface area (TPSA) is 55.8 Å². The van der Waals surface area contributed by atoms with Crippen molar-refractivity contribution in [2.45, 2.75) is 19.3 Å². The van der Waals surface area contributed by atoms with Gasteiger partial charge in [0.15, 0.2) is 5.78 Å². The van der Waals surface area contributed by atoms with E-state index in [0.717, 1.165) is 17.1 Å². The first-order valence-electron chi connectivity index (χ1n) is 9.19. The van der Waals surface area contributed by atoms with Crippen molar-refractivity contribution in [3.63, 3.8) is 0 Å². The highest BCUT2D eigenvalue weighted by atomic mass is 16.5. The van der Waals surface area contributed by atoms with Crippen molar-refractivity contribution in [1.82, 2.24) is 4.90 Å². The van der Waals surface area contributed by atoms with Crippen LogP contribution in [0.2, 0.25) is 0 Å². The van der Waals surface area contributed by atoms with Gasteiger partial charge in [0.2, 0.25) is 5.91 Å². The zero-order valence-electron chi connectivity index (χ0n) is 15.8. The average Bonchev–Trinajstić information content (AvgIpc) is 2.73. The summed E-state index contributed by atoms with van der Waals surface area (Å²) < 4.78 is 10.3. The Kier molecular flexibility index (Phi) is 6.12. The summed E-state index contributed by atoms with van der Waals surface area (Å²) in [5.41, 5.74) is 1.65. The molecule has 2 aromatic rings. The molecule has 1 fully saturated rings. The maximum absolute atomic E-state index is 12.7. The fraction of sp³-hybridized carbons (Fsp3) is 0.364. The van der Waals surface area contributed by atoms with Gasteiger partial charge in [-0.1, -0.05) is 12.1 Å². The van der Waals surface area contributed by atoms with E-state index in [1.54, 1.807) is 26.4 Å². The number of hydrogen-bond acceptors (Lipinski definition) is 4. The van der Waals surface area contributed by atoms with Gasteiger partial charge in [-0.15, -0.1) is 0 Å². The van der Waals surface area contributed by atoms with E-state index < -0.39 is 0 Å². The summed E-state index contributed by atoms with van der Waals surface area (Å²) in [5, 5.41) is 0. The zero-order valence-corrected chi connectivity index (χ0v) is 15.8. The lowest BCUT2D eigenvalue weighted by atomic mass is 9.88. The van der Waals surface area contributed by atoms with Gasteiger partial charge in [-0.25, -0.2) is 0 Å². The van der Waals surface area contributed by atoms with Crippen LogP contribution in [0.25, 0.3) is 0 Å². The van der Waals surface area contributed by atoms with E-state index in [-0.39, 0.29) is 17.6 Å². The molecule has 0 spiro atoms. The van der Waals surface area contributed by atoms with Gasteiger partial charge in [0, 0.05) is 24.6 Å². The molecule has 0 aliphatic carbocycles. The van der Waals surface area contributed by atoms with Crippen LogP contribution in [-0.4, -0.2) is 43.9 Å². The van der Waals surface area contributed by atoms with Gasteiger partial charge in [0.25, 0.3) is 0 Å². The van der Waals surface area contributed by atoms with Gasteiger partial charge in [-0.2, -0.15) is 0 Å². The number of benzene rings is 2. The predicted octanol–water partition coefficient (Wildman–Crippen LogP) is 3.37. The Balaban J connectivity index is 1.54. The predicted molar refractivity (Wildman–Crippen MR) is 103 cm³/mol. The van der Waals surface area contributed by atoms with Crippen LogP contribution in [0.3, 0.4) is 0 Å². The minimum atomic E-state index is -0.0285. The third kappa shape index (κ3) is 4.67. The van der Waals surface area contributed by atoms with Crippen molar-refractivity contribution in [3.8, 4) is 11.5 Å². The van der Waals surface area contributed by atoms with Crippen LogP contribution in [0.4, 0.5) is 0 Å². The minimum Gasteiger partial charge on any atom is -0.497 e. The summed E-state index contributed by atoms with van der Waals surface area (Å²) in [4.78, 5) is 27.1. The van der Waals surface area contributed by atoms with Crippen LogP contribution in [0.1, 0.15) is 28.8 Å². The number of carbonyl (C=O) groups excluding carboxylic acids is 2. The first-order chi connectivity index (χ1) is 13.1. The highest BCUT2D eigenvalue weighted by molar-refractivity contribution is 5.98. The first-order valence-corrected chi connectivity index (χ1v) is 9.19. The molecule has 0 N–H and O–H groups in total. The molecule has 0 aromatic heterocycles. The van der Waals surface area contributed by atoms with Gasteiger partial charge in [-0.05, 0) is 54.8 Å². The lowest BCUT2D eigenvalue weighted by molar-refractivity contribution is -0.131. The highest BCUT2D eigenvalue weighted by Gasteiger charge is 2.28. The number of methoxy groups -OCH3 is 2. The number of hydrogen-bond donors (Lipinski definition) is 0. The van der Waals surface area contributed by atoms with Gasteiger partial charge >= 0.3 is 0 Å². The van der Waals surface area contributed by atoms with E-state index in [1.807, 2.05) is 41.3 Å². The van der Waals surface area contributed by atoms with Crippen LogP contribution in [-0.2, 0) is 11.2 Å². The molecule has 1 heterocycles. The minimum absolute atomic E-state index is 0.0285. The summed E-state index contributed by atoms with van der Waals surface area (Å²) in [7, 11) is 3.22. The summed E-state index contributed by atoms with van der Waals surface area (Å²) in [6.45, 7) is 1.24. The number of ether oxygens (including phenoxy) is 2. The molecule has 0 bridgehead atoms. The lowest BCUT2D eigenvalue weighted by Crippen LogP contribution is -2.41.